The molecule has 0 unspecified atom stereocenters. The van der Waals surface area contributed by atoms with Crippen molar-refractivity contribution < 1.29 is 9.18 Å². The molecule has 1 aromatic heterocycles. The average molecular weight is 324 g/mol. The van der Waals surface area contributed by atoms with Crippen molar-refractivity contribution >= 4 is 33.2 Å². The summed E-state index contributed by atoms with van der Waals surface area (Å²) < 4.78 is 14.1. The van der Waals surface area contributed by atoms with E-state index in [2.05, 4.69) is 31.5 Å². The number of halogens is 2. The zero-order valence-electron chi connectivity index (χ0n) is 10.1. The Morgan fingerprint density at radius 2 is 2.16 bits per heavy atom. The highest BCUT2D eigenvalue weighted by atomic mass is 79.9. The summed E-state index contributed by atoms with van der Waals surface area (Å²) >= 11 is 3.20. The molecule has 0 aliphatic rings. The lowest BCUT2D eigenvalue weighted by atomic mass is 10.2. The second-order valence-electron chi connectivity index (χ2n) is 3.72. The highest BCUT2D eigenvalue weighted by molar-refractivity contribution is 9.10. The molecule has 0 aliphatic carbocycles. The first kappa shape index (κ1) is 13.5. The molecule has 1 heterocycles. The number of benzene rings is 1. The summed E-state index contributed by atoms with van der Waals surface area (Å²) in [6.07, 6.45) is 3.00. The number of nitrogens with one attached hydrogen (secondary N) is 2. The summed E-state index contributed by atoms with van der Waals surface area (Å²) in [4.78, 5) is 16.0. The van der Waals surface area contributed by atoms with Gasteiger partial charge in [-0.1, -0.05) is 6.07 Å². The van der Waals surface area contributed by atoms with Crippen LogP contribution in [0, 0.1) is 5.82 Å². The number of para-hydroxylation sites is 1. The van der Waals surface area contributed by atoms with Crippen LogP contribution in [0.1, 0.15) is 10.4 Å². The third-order valence-corrected chi connectivity index (χ3v) is 3.20. The van der Waals surface area contributed by atoms with E-state index in [1.54, 1.807) is 31.4 Å². The van der Waals surface area contributed by atoms with Crippen molar-refractivity contribution in [2.45, 2.75) is 0 Å². The van der Waals surface area contributed by atoms with Crippen LogP contribution in [0.4, 0.5) is 15.8 Å². The molecule has 0 fully saturated rings. The minimum Gasteiger partial charge on any atom is -0.387 e. The zero-order valence-corrected chi connectivity index (χ0v) is 11.7. The molecule has 2 N–H and O–H groups in total. The van der Waals surface area contributed by atoms with E-state index in [0.29, 0.717) is 15.7 Å². The Morgan fingerprint density at radius 1 is 1.37 bits per heavy atom. The summed E-state index contributed by atoms with van der Waals surface area (Å²) in [5, 5.41) is 5.41. The van der Waals surface area contributed by atoms with Crippen LogP contribution in [0.25, 0.3) is 0 Å². The number of pyridine rings is 1. The van der Waals surface area contributed by atoms with Gasteiger partial charge < -0.3 is 10.6 Å². The summed E-state index contributed by atoms with van der Waals surface area (Å²) in [5.41, 5.74) is 1.08. The molecule has 0 radical (unpaired) electrons. The SMILES string of the molecule is CNc1ccncc1C(=O)Nc1c(F)cccc1Br. The van der Waals surface area contributed by atoms with E-state index in [1.165, 1.54) is 12.3 Å². The van der Waals surface area contributed by atoms with Gasteiger partial charge in [0.1, 0.15) is 5.82 Å². The maximum atomic E-state index is 13.6. The van der Waals surface area contributed by atoms with Crippen molar-refractivity contribution in [1.82, 2.24) is 4.98 Å². The van der Waals surface area contributed by atoms with E-state index in [4.69, 9.17) is 0 Å². The second kappa shape index (κ2) is 5.79. The molecule has 6 heteroatoms. The fourth-order valence-electron chi connectivity index (χ4n) is 1.59. The van der Waals surface area contributed by atoms with Crippen molar-refractivity contribution in [3.63, 3.8) is 0 Å². The number of nitrogens with zero attached hydrogens (tertiary/aromatic N) is 1. The number of carbonyl (C=O) groups is 1. The van der Waals surface area contributed by atoms with Crippen LogP contribution in [0.5, 0.6) is 0 Å². The summed E-state index contributed by atoms with van der Waals surface area (Å²) in [7, 11) is 1.70. The third kappa shape index (κ3) is 2.90. The number of amides is 1. The van der Waals surface area contributed by atoms with Gasteiger partial charge in [0.15, 0.2) is 0 Å². The van der Waals surface area contributed by atoms with Crippen LogP contribution in [0.15, 0.2) is 41.1 Å². The van der Waals surface area contributed by atoms with Crippen molar-refractivity contribution in [3.05, 3.63) is 52.5 Å². The van der Waals surface area contributed by atoms with E-state index in [9.17, 15) is 9.18 Å². The Labute approximate surface area is 118 Å². The molecule has 4 nitrogen and oxygen atoms in total. The van der Waals surface area contributed by atoms with Crippen LogP contribution >= 0.6 is 15.9 Å². The number of hydrogen-bond donors (Lipinski definition) is 2. The molecular formula is C13H11BrFN3O. The molecule has 0 saturated carbocycles. The predicted molar refractivity (Wildman–Crippen MR) is 75.8 cm³/mol. The van der Waals surface area contributed by atoms with Crippen molar-refractivity contribution in [2.24, 2.45) is 0 Å². The van der Waals surface area contributed by atoms with Crippen LogP contribution in [0.2, 0.25) is 0 Å². The second-order valence-corrected chi connectivity index (χ2v) is 4.58. The van der Waals surface area contributed by atoms with Crippen molar-refractivity contribution in [2.75, 3.05) is 17.7 Å². The highest BCUT2D eigenvalue weighted by Gasteiger charge is 2.14. The van der Waals surface area contributed by atoms with Gasteiger partial charge in [-0.15, -0.1) is 0 Å². The fraction of sp³-hybridized carbons (Fsp3) is 0.0769. The van der Waals surface area contributed by atoms with Gasteiger partial charge in [0, 0.05) is 29.6 Å². The van der Waals surface area contributed by atoms with Gasteiger partial charge in [0.05, 0.1) is 11.3 Å². The molecule has 19 heavy (non-hydrogen) atoms. The van der Waals surface area contributed by atoms with Crippen molar-refractivity contribution in [1.29, 1.82) is 0 Å². The smallest absolute Gasteiger partial charge is 0.259 e. The maximum absolute atomic E-state index is 13.6. The molecule has 1 amide bonds. The molecule has 2 aromatic rings. The molecule has 0 saturated heterocycles. The normalized spacial score (nSPS) is 10.1. The van der Waals surface area contributed by atoms with Crippen LogP contribution < -0.4 is 10.6 Å². The maximum Gasteiger partial charge on any atom is 0.259 e. The highest BCUT2D eigenvalue weighted by Crippen LogP contribution is 2.26. The Morgan fingerprint density at radius 3 is 2.84 bits per heavy atom. The first-order valence-electron chi connectivity index (χ1n) is 5.50. The number of anilines is 2. The van der Waals surface area contributed by atoms with E-state index >= 15 is 0 Å². The first-order chi connectivity index (χ1) is 9.13. The molecule has 0 bridgehead atoms. The third-order valence-electron chi connectivity index (χ3n) is 2.54. The monoisotopic (exact) mass is 323 g/mol. The van der Waals surface area contributed by atoms with E-state index in [0.717, 1.165) is 0 Å². The minimum absolute atomic E-state index is 0.110. The summed E-state index contributed by atoms with van der Waals surface area (Å²) in [6, 6.07) is 6.16. The molecular weight excluding hydrogens is 313 g/mol. The quantitative estimate of drug-likeness (QED) is 0.911. The lowest BCUT2D eigenvalue weighted by Crippen LogP contribution is -2.15. The number of hydrogen-bond acceptors (Lipinski definition) is 3. The molecule has 2 rings (SSSR count). The predicted octanol–water partition coefficient (Wildman–Crippen LogP) is 3.28. The molecule has 1 aromatic carbocycles. The van der Waals surface area contributed by atoms with Gasteiger partial charge >= 0.3 is 0 Å². The topological polar surface area (TPSA) is 54.0 Å². The molecule has 0 atom stereocenters. The average Bonchev–Trinajstić information content (AvgIpc) is 2.42. The van der Waals surface area contributed by atoms with E-state index < -0.39 is 11.7 Å². The molecule has 0 aliphatic heterocycles. The molecule has 98 valence electrons. The number of rotatable bonds is 3. The summed E-state index contributed by atoms with van der Waals surface area (Å²) in [5.74, 6) is -0.930. The Bertz CT molecular complexity index is 598. The van der Waals surface area contributed by atoms with Gasteiger partial charge in [-0.3, -0.25) is 9.78 Å². The van der Waals surface area contributed by atoms with Gasteiger partial charge in [-0.05, 0) is 34.1 Å². The largest absolute Gasteiger partial charge is 0.387 e. The van der Waals surface area contributed by atoms with Gasteiger partial charge in [-0.25, -0.2) is 4.39 Å². The van der Waals surface area contributed by atoms with Crippen LogP contribution in [-0.4, -0.2) is 17.9 Å². The van der Waals surface area contributed by atoms with Crippen LogP contribution in [0.3, 0.4) is 0 Å². The Balaban J connectivity index is 2.31. The van der Waals surface area contributed by atoms with Crippen molar-refractivity contribution in [3.8, 4) is 0 Å². The van der Waals surface area contributed by atoms with Gasteiger partial charge in [0.2, 0.25) is 0 Å². The number of carbonyl (C=O) groups excluding carboxylic acids is 1. The standard InChI is InChI=1S/C13H11BrFN3O/c1-16-11-5-6-17-7-8(11)13(19)18-12-9(14)3-2-4-10(12)15/h2-7H,1H3,(H,16,17)(H,18,19). The summed E-state index contributed by atoms with van der Waals surface area (Å²) in [6.45, 7) is 0. The first-order valence-corrected chi connectivity index (χ1v) is 6.30. The Kier molecular flexibility index (Phi) is 4.11. The fourth-order valence-corrected chi connectivity index (χ4v) is 2.03. The lowest BCUT2D eigenvalue weighted by Gasteiger charge is -2.11. The van der Waals surface area contributed by atoms with Crippen LogP contribution in [-0.2, 0) is 0 Å². The lowest BCUT2D eigenvalue weighted by molar-refractivity contribution is 0.102. The van der Waals surface area contributed by atoms with Gasteiger partial charge in [-0.2, -0.15) is 0 Å². The number of aromatic nitrogens is 1. The Hall–Kier alpha value is -1.95. The van der Waals surface area contributed by atoms with Gasteiger partial charge in [0.25, 0.3) is 5.91 Å². The minimum atomic E-state index is -0.502. The zero-order chi connectivity index (χ0) is 13.8. The van der Waals surface area contributed by atoms with E-state index in [1.807, 2.05) is 0 Å². The molecule has 0 spiro atoms. The van der Waals surface area contributed by atoms with E-state index in [-0.39, 0.29) is 5.69 Å².